The van der Waals surface area contributed by atoms with Crippen LogP contribution in [0.3, 0.4) is 0 Å². The SMILES string of the molecule is C=CCCCC(NC)C1OCCC1C. The first-order valence-corrected chi connectivity index (χ1v) is 5.69. The second kappa shape index (κ2) is 6.20. The zero-order chi connectivity index (χ0) is 10.4. The van der Waals surface area contributed by atoms with Crippen molar-refractivity contribution in [3.05, 3.63) is 12.7 Å². The molecule has 0 radical (unpaired) electrons. The quantitative estimate of drug-likeness (QED) is 0.521. The number of ether oxygens (including phenoxy) is 1. The summed E-state index contributed by atoms with van der Waals surface area (Å²) >= 11 is 0. The van der Waals surface area contributed by atoms with Gasteiger partial charge >= 0.3 is 0 Å². The van der Waals surface area contributed by atoms with Gasteiger partial charge < -0.3 is 10.1 Å². The first kappa shape index (κ1) is 11.7. The maximum atomic E-state index is 5.76. The molecule has 0 bridgehead atoms. The summed E-state index contributed by atoms with van der Waals surface area (Å²) in [6.07, 6.45) is 7.14. The molecule has 82 valence electrons. The molecule has 0 spiro atoms. The molecule has 3 unspecified atom stereocenters. The Morgan fingerprint density at radius 1 is 1.64 bits per heavy atom. The van der Waals surface area contributed by atoms with Crippen LogP contribution in [0.2, 0.25) is 0 Å². The Kier molecular flexibility index (Phi) is 5.20. The van der Waals surface area contributed by atoms with Gasteiger partial charge in [0.1, 0.15) is 0 Å². The summed E-state index contributed by atoms with van der Waals surface area (Å²) in [5.74, 6) is 0.705. The molecule has 14 heavy (non-hydrogen) atoms. The van der Waals surface area contributed by atoms with Gasteiger partial charge in [0.2, 0.25) is 0 Å². The minimum Gasteiger partial charge on any atom is -0.376 e. The molecule has 2 nitrogen and oxygen atoms in total. The molecule has 0 aromatic carbocycles. The lowest BCUT2D eigenvalue weighted by Gasteiger charge is -2.25. The summed E-state index contributed by atoms with van der Waals surface area (Å²) in [5.41, 5.74) is 0. The van der Waals surface area contributed by atoms with Crippen LogP contribution in [0.25, 0.3) is 0 Å². The van der Waals surface area contributed by atoms with E-state index in [4.69, 9.17) is 4.74 Å². The van der Waals surface area contributed by atoms with Gasteiger partial charge in [-0.05, 0) is 38.6 Å². The highest BCUT2D eigenvalue weighted by Crippen LogP contribution is 2.24. The highest BCUT2D eigenvalue weighted by atomic mass is 16.5. The molecule has 1 rings (SSSR count). The lowest BCUT2D eigenvalue weighted by molar-refractivity contribution is 0.0601. The van der Waals surface area contributed by atoms with E-state index in [9.17, 15) is 0 Å². The van der Waals surface area contributed by atoms with Crippen LogP contribution in [0.5, 0.6) is 0 Å². The van der Waals surface area contributed by atoms with Crippen LogP contribution >= 0.6 is 0 Å². The molecule has 1 aliphatic heterocycles. The van der Waals surface area contributed by atoms with Crippen LogP contribution in [0.4, 0.5) is 0 Å². The third-order valence-electron chi connectivity index (χ3n) is 3.14. The fraction of sp³-hybridized carbons (Fsp3) is 0.833. The van der Waals surface area contributed by atoms with Crippen LogP contribution in [-0.2, 0) is 4.74 Å². The second-order valence-electron chi connectivity index (χ2n) is 4.22. The van der Waals surface area contributed by atoms with Gasteiger partial charge in [-0.3, -0.25) is 0 Å². The van der Waals surface area contributed by atoms with E-state index in [1.807, 2.05) is 13.1 Å². The van der Waals surface area contributed by atoms with Crippen LogP contribution in [0.15, 0.2) is 12.7 Å². The third-order valence-corrected chi connectivity index (χ3v) is 3.14. The lowest BCUT2D eigenvalue weighted by Crippen LogP contribution is -2.40. The Morgan fingerprint density at radius 3 is 2.93 bits per heavy atom. The predicted molar refractivity (Wildman–Crippen MR) is 60.4 cm³/mol. The number of hydrogen-bond acceptors (Lipinski definition) is 2. The number of likely N-dealkylation sites (N-methyl/N-ethyl adjacent to an activating group) is 1. The summed E-state index contributed by atoms with van der Waals surface area (Å²) in [5, 5.41) is 3.37. The molecule has 0 aromatic heterocycles. The monoisotopic (exact) mass is 197 g/mol. The van der Waals surface area contributed by atoms with Crippen LogP contribution in [0.1, 0.15) is 32.6 Å². The highest BCUT2D eigenvalue weighted by Gasteiger charge is 2.30. The first-order chi connectivity index (χ1) is 6.79. The summed E-state index contributed by atoms with van der Waals surface area (Å²) in [4.78, 5) is 0. The summed E-state index contributed by atoms with van der Waals surface area (Å²) < 4.78 is 5.76. The van der Waals surface area contributed by atoms with Gasteiger partial charge in [-0.1, -0.05) is 13.0 Å². The number of hydrogen-bond donors (Lipinski definition) is 1. The molecule has 0 saturated carbocycles. The predicted octanol–water partition coefficient (Wildman–Crippen LogP) is 2.36. The minimum absolute atomic E-state index is 0.421. The summed E-state index contributed by atoms with van der Waals surface area (Å²) in [7, 11) is 2.03. The van der Waals surface area contributed by atoms with Gasteiger partial charge in [0, 0.05) is 12.6 Å². The third kappa shape index (κ3) is 3.10. The van der Waals surface area contributed by atoms with Crippen LogP contribution < -0.4 is 5.32 Å². The number of allylic oxidation sites excluding steroid dienone is 1. The van der Waals surface area contributed by atoms with Crippen LogP contribution in [0, 0.1) is 5.92 Å². The Hall–Kier alpha value is -0.340. The molecule has 1 heterocycles. The van der Waals surface area contributed by atoms with Gasteiger partial charge in [-0.25, -0.2) is 0 Å². The molecule has 1 N–H and O–H groups in total. The van der Waals surface area contributed by atoms with Crippen molar-refractivity contribution in [2.45, 2.75) is 44.8 Å². The minimum atomic E-state index is 0.421. The van der Waals surface area contributed by atoms with Gasteiger partial charge in [-0.15, -0.1) is 6.58 Å². The smallest absolute Gasteiger partial charge is 0.0754 e. The van der Waals surface area contributed by atoms with Gasteiger partial charge in [0.25, 0.3) is 0 Å². The topological polar surface area (TPSA) is 21.3 Å². The van der Waals surface area contributed by atoms with E-state index in [-0.39, 0.29) is 0 Å². The molecular weight excluding hydrogens is 174 g/mol. The zero-order valence-electron chi connectivity index (χ0n) is 9.46. The van der Waals surface area contributed by atoms with E-state index in [0.29, 0.717) is 18.1 Å². The lowest BCUT2D eigenvalue weighted by atomic mass is 9.94. The van der Waals surface area contributed by atoms with Crippen molar-refractivity contribution in [3.63, 3.8) is 0 Å². The largest absolute Gasteiger partial charge is 0.376 e. The van der Waals surface area contributed by atoms with Crippen molar-refractivity contribution in [2.24, 2.45) is 5.92 Å². The van der Waals surface area contributed by atoms with E-state index in [0.717, 1.165) is 13.0 Å². The summed E-state index contributed by atoms with van der Waals surface area (Å²) in [6, 6.07) is 0.521. The first-order valence-electron chi connectivity index (χ1n) is 5.69. The van der Waals surface area contributed by atoms with E-state index >= 15 is 0 Å². The number of unbranched alkanes of at least 4 members (excludes halogenated alkanes) is 1. The van der Waals surface area contributed by atoms with Gasteiger partial charge in [0.15, 0.2) is 0 Å². The van der Waals surface area contributed by atoms with Gasteiger partial charge in [-0.2, -0.15) is 0 Å². The van der Waals surface area contributed by atoms with Crippen molar-refractivity contribution >= 4 is 0 Å². The second-order valence-corrected chi connectivity index (χ2v) is 4.22. The zero-order valence-corrected chi connectivity index (χ0v) is 9.46. The van der Waals surface area contributed by atoms with E-state index in [1.165, 1.54) is 19.3 Å². The normalized spacial score (nSPS) is 29.0. The molecular formula is C12H23NO. The average Bonchev–Trinajstić information content (AvgIpc) is 2.60. The maximum Gasteiger partial charge on any atom is 0.0754 e. The van der Waals surface area contributed by atoms with Crippen molar-refractivity contribution in [3.8, 4) is 0 Å². The van der Waals surface area contributed by atoms with Gasteiger partial charge in [0.05, 0.1) is 6.10 Å². The van der Waals surface area contributed by atoms with Crippen LogP contribution in [-0.4, -0.2) is 25.8 Å². The maximum absolute atomic E-state index is 5.76. The average molecular weight is 197 g/mol. The fourth-order valence-electron chi connectivity index (χ4n) is 2.19. The standard InChI is InChI=1S/C12H23NO/c1-4-5-6-7-11(13-3)12-10(2)8-9-14-12/h4,10-13H,1,5-9H2,2-3H3. The van der Waals surface area contributed by atoms with E-state index < -0.39 is 0 Å². The molecule has 1 aliphatic rings. The number of nitrogens with one attached hydrogen (secondary N) is 1. The Morgan fingerprint density at radius 2 is 2.43 bits per heavy atom. The highest BCUT2D eigenvalue weighted by molar-refractivity contribution is 4.84. The molecule has 3 atom stereocenters. The Balaban J connectivity index is 2.32. The molecule has 1 saturated heterocycles. The molecule has 0 aromatic rings. The van der Waals surface area contributed by atoms with Crippen molar-refractivity contribution in [1.29, 1.82) is 0 Å². The number of rotatable bonds is 6. The van der Waals surface area contributed by atoms with Crippen molar-refractivity contribution < 1.29 is 4.74 Å². The van der Waals surface area contributed by atoms with Crippen molar-refractivity contribution in [2.75, 3.05) is 13.7 Å². The molecule has 2 heteroatoms. The van der Waals surface area contributed by atoms with E-state index in [2.05, 4.69) is 18.8 Å². The Bertz CT molecular complexity index is 170. The Labute approximate surface area is 87.7 Å². The fourth-order valence-corrected chi connectivity index (χ4v) is 2.19. The molecule has 0 amide bonds. The summed E-state index contributed by atoms with van der Waals surface area (Å²) in [6.45, 7) is 6.97. The molecule has 0 aliphatic carbocycles. The molecule has 1 fully saturated rings. The van der Waals surface area contributed by atoms with Crippen molar-refractivity contribution in [1.82, 2.24) is 5.32 Å². The van der Waals surface area contributed by atoms with E-state index in [1.54, 1.807) is 0 Å².